The fourth-order valence-corrected chi connectivity index (χ4v) is 2.10. The second kappa shape index (κ2) is 4.93. The van der Waals surface area contributed by atoms with Crippen LogP contribution >= 0.6 is 0 Å². The molecule has 0 aromatic heterocycles. The second-order valence-corrected chi connectivity index (χ2v) is 4.80. The largest absolute Gasteiger partial charge is 0.316 e. The zero-order chi connectivity index (χ0) is 11.5. The van der Waals surface area contributed by atoms with Crippen LogP contribution in [-0.2, 0) is 6.54 Å². The molecule has 0 atom stereocenters. The van der Waals surface area contributed by atoms with Crippen molar-refractivity contribution in [3.63, 3.8) is 0 Å². The molecule has 3 heteroatoms. The lowest BCUT2D eigenvalue weighted by Gasteiger charge is -2.31. The molecule has 16 heavy (non-hydrogen) atoms. The molecule has 0 amide bonds. The van der Waals surface area contributed by atoms with E-state index in [0.29, 0.717) is 0 Å². The maximum Gasteiger partial charge on any atom is 0.126 e. The molecule has 0 aliphatic carbocycles. The van der Waals surface area contributed by atoms with Gasteiger partial charge in [-0.25, -0.2) is 4.39 Å². The van der Waals surface area contributed by atoms with Crippen LogP contribution in [0.15, 0.2) is 18.2 Å². The Labute approximate surface area is 96.5 Å². The molecule has 0 spiro atoms. The Kier molecular flexibility index (Phi) is 3.56. The van der Waals surface area contributed by atoms with E-state index in [0.717, 1.165) is 37.7 Å². The van der Waals surface area contributed by atoms with Crippen molar-refractivity contribution in [1.82, 2.24) is 10.2 Å². The maximum atomic E-state index is 13.1. The van der Waals surface area contributed by atoms with E-state index < -0.39 is 0 Å². The molecule has 2 nitrogen and oxygen atoms in total. The molecular weight excluding hydrogens is 203 g/mol. The summed E-state index contributed by atoms with van der Waals surface area (Å²) >= 11 is 0. The number of aryl methyl sites for hydroxylation is 1. The van der Waals surface area contributed by atoms with Gasteiger partial charge in [0.1, 0.15) is 5.82 Å². The van der Waals surface area contributed by atoms with Crippen molar-refractivity contribution in [2.45, 2.75) is 13.5 Å². The predicted octanol–water partition coefficient (Wildman–Crippen LogP) is 1.79. The van der Waals surface area contributed by atoms with Crippen molar-refractivity contribution < 1.29 is 4.39 Å². The number of hydrogen-bond donors (Lipinski definition) is 1. The van der Waals surface area contributed by atoms with Crippen LogP contribution in [0.2, 0.25) is 0 Å². The highest BCUT2D eigenvalue weighted by molar-refractivity contribution is 5.23. The van der Waals surface area contributed by atoms with Crippen LogP contribution in [-0.4, -0.2) is 31.6 Å². The van der Waals surface area contributed by atoms with Gasteiger partial charge in [-0.15, -0.1) is 0 Å². The summed E-state index contributed by atoms with van der Waals surface area (Å²) in [6, 6.07) is 5.37. The van der Waals surface area contributed by atoms with Crippen LogP contribution in [0.4, 0.5) is 4.39 Å². The quantitative estimate of drug-likeness (QED) is 0.835. The Balaban J connectivity index is 1.89. The van der Waals surface area contributed by atoms with Crippen molar-refractivity contribution in [2.24, 2.45) is 5.92 Å². The van der Waals surface area contributed by atoms with E-state index in [4.69, 9.17) is 0 Å². The Morgan fingerprint density at radius 3 is 2.75 bits per heavy atom. The molecule has 0 radical (unpaired) electrons. The van der Waals surface area contributed by atoms with E-state index in [1.54, 1.807) is 6.07 Å². The van der Waals surface area contributed by atoms with Gasteiger partial charge >= 0.3 is 0 Å². The normalized spacial score (nSPS) is 16.5. The summed E-state index contributed by atoms with van der Waals surface area (Å²) in [6.45, 7) is 6.09. The topological polar surface area (TPSA) is 15.3 Å². The summed E-state index contributed by atoms with van der Waals surface area (Å²) in [5, 5.41) is 3.27. The molecule has 2 rings (SSSR count). The molecular formula is C13H19FN2. The number of rotatable bonds is 4. The first-order valence-electron chi connectivity index (χ1n) is 5.79. The number of nitrogens with zero attached hydrogens (tertiary/aromatic N) is 1. The molecule has 0 bridgehead atoms. The minimum atomic E-state index is -0.116. The standard InChI is InChI=1S/C13H19FN2/c1-10-5-11(3-4-13(10)14)8-16(2)9-12-6-15-7-12/h3-5,12,15H,6-9H2,1-2H3. The van der Waals surface area contributed by atoms with Gasteiger partial charge in [0.2, 0.25) is 0 Å². The third-order valence-electron chi connectivity index (χ3n) is 3.11. The fraction of sp³-hybridized carbons (Fsp3) is 0.538. The molecule has 1 N–H and O–H groups in total. The highest BCUT2D eigenvalue weighted by Crippen LogP contribution is 2.12. The maximum absolute atomic E-state index is 13.1. The van der Waals surface area contributed by atoms with Crippen LogP contribution in [0.3, 0.4) is 0 Å². The van der Waals surface area contributed by atoms with E-state index in [2.05, 4.69) is 17.3 Å². The van der Waals surface area contributed by atoms with Gasteiger partial charge in [-0.1, -0.05) is 12.1 Å². The first kappa shape index (κ1) is 11.6. The number of hydrogen-bond acceptors (Lipinski definition) is 2. The van der Waals surface area contributed by atoms with Gasteiger partial charge < -0.3 is 10.2 Å². The average Bonchev–Trinajstić information content (AvgIpc) is 2.18. The Morgan fingerprint density at radius 1 is 1.44 bits per heavy atom. The summed E-state index contributed by atoms with van der Waals surface area (Å²) in [6.07, 6.45) is 0. The molecule has 1 saturated heterocycles. The van der Waals surface area contributed by atoms with Gasteiger partial charge in [0.15, 0.2) is 0 Å². The van der Waals surface area contributed by atoms with Crippen LogP contribution in [0.5, 0.6) is 0 Å². The third-order valence-corrected chi connectivity index (χ3v) is 3.11. The van der Waals surface area contributed by atoms with Crippen molar-refractivity contribution in [2.75, 3.05) is 26.7 Å². The van der Waals surface area contributed by atoms with Crippen molar-refractivity contribution >= 4 is 0 Å². The SMILES string of the molecule is Cc1cc(CN(C)CC2CNC2)ccc1F. The van der Waals surface area contributed by atoms with Gasteiger partial charge in [0.05, 0.1) is 0 Å². The lowest BCUT2D eigenvalue weighted by molar-refractivity contribution is 0.218. The molecule has 1 aromatic rings. The lowest BCUT2D eigenvalue weighted by atomic mass is 10.0. The molecule has 88 valence electrons. The molecule has 0 unspecified atom stereocenters. The van der Waals surface area contributed by atoms with Gasteiger partial charge in [0, 0.05) is 26.2 Å². The van der Waals surface area contributed by atoms with Crippen molar-refractivity contribution in [3.05, 3.63) is 35.1 Å². The minimum Gasteiger partial charge on any atom is -0.316 e. The fourth-order valence-electron chi connectivity index (χ4n) is 2.10. The van der Waals surface area contributed by atoms with Gasteiger partial charge in [-0.2, -0.15) is 0 Å². The predicted molar refractivity (Wildman–Crippen MR) is 63.8 cm³/mol. The third kappa shape index (κ3) is 2.80. The zero-order valence-electron chi connectivity index (χ0n) is 9.96. The lowest BCUT2D eigenvalue weighted by Crippen LogP contribution is -2.47. The second-order valence-electron chi connectivity index (χ2n) is 4.80. The smallest absolute Gasteiger partial charge is 0.126 e. The van der Waals surface area contributed by atoms with E-state index in [9.17, 15) is 4.39 Å². The van der Waals surface area contributed by atoms with E-state index in [-0.39, 0.29) is 5.82 Å². The zero-order valence-corrected chi connectivity index (χ0v) is 9.96. The van der Waals surface area contributed by atoms with E-state index in [1.807, 2.05) is 19.1 Å². The summed E-state index contributed by atoms with van der Waals surface area (Å²) in [7, 11) is 2.12. The first-order valence-corrected chi connectivity index (χ1v) is 5.79. The van der Waals surface area contributed by atoms with Crippen molar-refractivity contribution in [3.8, 4) is 0 Å². The monoisotopic (exact) mass is 222 g/mol. The molecule has 1 aliphatic rings. The molecule has 1 aromatic carbocycles. The molecule has 0 saturated carbocycles. The number of benzene rings is 1. The summed E-state index contributed by atoms with van der Waals surface area (Å²) in [5.41, 5.74) is 1.92. The van der Waals surface area contributed by atoms with E-state index >= 15 is 0 Å². The Hall–Kier alpha value is -0.930. The van der Waals surface area contributed by atoms with Gasteiger partial charge in [-0.3, -0.25) is 0 Å². The molecule has 1 fully saturated rings. The summed E-state index contributed by atoms with van der Waals surface area (Å²) < 4.78 is 13.1. The summed E-state index contributed by atoms with van der Waals surface area (Å²) in [5.74, 6) is 0.668. The first-order chi connectivity index (χ1) is 7.65. The number of halogens is 1. The highest BCUT2D eigenvalue weighted by atomic mass is 19.1. The van der Waals surface area contributed by atoms with Crippen LogP contribution in [0.25, 0.3) is 0 Å². The number of nitrogens with one attached hydrogen (secondary N) is 1. The van der Waals surface area contributed by atoms with Crippen LogP contribution in [0.1, 0.15) is 11.1 Å². The van der Waals surface area contributed by atoms with E-state index in [1.165, 1.54) is 5.56 Å². The van der Waals surface area contributed by atoms with Crippen molar-refractivity contribution in [1.29, 1.82) is 0 Å². The summed E-state index contributed by atoms with van der Waals surface area (Å²) in [4.78, 5) is 2.30. The molecule has 1 aliphatic heterocycles. The highest BCUT2D eigenvalue weighted by Gasteiger charge is 2.18. The van der Waals surface area contributed by atoms with Gasteiger partial charge in [-0.05, 0) is 37.1 Å². The Morgan fingerprint density at radius 2 is 2.19 bits per heavy atom. The van der Waals surface area contributed by atoms with Gasteiger partial charge in [0.25, 0.3) is 0 Å². The van der Waals surface area contributed by atoms with Crippen LogP contribution < -0.4 is 5.32 Å². The molecule has 1 heterocycles. The van der Waals surface area contributed by atoms with Crippen LogP contribution in [0, 0.1) is 18.7 Å². The average molecular weight is 222 g/mol. The Bertz CT molecular complexity index is 361. The minimum absolute atomic E-state index is 0.116.